The Hall–Kier alpha value is -0.810. The molecule has 0 aliphatic carbocycles. The summed E-state index contributed by atoms with van der Waals surface area (Å²) in [5.41, 5.74) is 5.68. The minimum atomic E-state index is 0.351. The van der Waals surface area contributed by atoms with Gasteiger partial charge in [0.1, 0.15) is 0 Å². The van der Waals surface area contributed by atoms with E-state index in [2.05, 4.69) is 53.4 Å². The van der Waals surface area contributed by atoms with Crippen LogP contribution in [0.4, 0.5) is 0 Å². The third kappa shape index (κ3) is 4.66. The molecule has 0 fully saturated rings. The van der Waals surface area contributed by atoms with Crippen LogP contribution in [0.25, 0.3) is 0 Å². The Morgan fingerprint density at radius 2 is 2.16 bits per heavy atom. The van der Waals surface area contributed by atoms with Crippen molar-refractivity contribution < 1.29 is 0 Å². The molecule has 0 bridgehead atoms. The minimum absolute atomic E-state index is 0.351. The Morgan fingerprint density at radius 1 is 1.32 bits per heavy atom. The smallest absolute Gasteiger partial charge is 0.0307 e. The normalized spacial score (nSPS) is 12.5. The zero-order valence-corrected chi connectivity index (χ0v) is 12.8. The lowest BCUT2D eigenvalue weighted by Crippen LogP contribution is -2.37. The molecule has 0 aliphatic rings. The summed E-state index contributed by atoms with van der Waals surface area (Å²) in [5.74, 6) is 6.66. The van der Waals surface area contributed by atoms with Gasteiger partial charge in [0.2, 0.25) is 0 Å². The lowest BCUT2D eigenvalue weighted by Gasteiger charge is -2.15. The molecule has 0 amide bonds. The van der Waals surface area contributed by atoms with Gasteiger partial charge in [-0.1, -0.05) is 18.2 Å². The van der Waals surface area contributed by atoms with E-state index in [-0.39, 0.29) is 0 Å². The van der Waals surface area contributed by atoms with E-state index in [9.17, 15) is 0 Å². The molecule has 2 aromatic rings. The van der Waals surface area contributed by atoms with Gasteiger partial charge in [0.15, 0.2) is 0 Å². The molecule has 19 heavy (non-hydrogen) atoms. The minimum Gasteiger partial charge on any atom is -0.271 e. The maximum atomic E-state index is 5.65. The monoisotopic (exact) mass is 292 g/mol. The van der Waals surface area contributed by atoms with Crippen molar-refractivity contribution in [3.05, 3.63) is 52.2 Å². The number of nitrogens with one attached hydrogen (secondary N) is 1. The predicted octanol–water partition coefficient (Wildman–Crippen LogP) is 3.61. The van der Waals surface area contributed by atoms with Gasteiger partial charge < -0.3 is 0 Å². The lowest BCUT2D eigenvalue weighted by molar-refractivity contribution is 0.539. The molecule has 0 saturated heterocycles. The zero-order valence-electron chi connectivity index (χ0n) is 11.1. The molecule has 1 unspecified atom stereocenters. The van der Waals surface area contributed by atoms with E-state index in [0.29, 0.717) is 6.04 Å². The standard InChI is InChI=1S/C15H20N2S2/c1-12-4-2-3-5-15(12)19-11-14(17-16)7-6-13-8-9-18-10-13/h2-5,8-10,14,17H,6-7,11,16H2,1H3. The zero-order chi connectivity index (χ0) is 13.5. The van der Waals surface area contributed by atoms with Crippen molar-refractivity contribution in [3.63, 3.8) is 0 Å². The summed E-state index contributed by atoms with van der Waals surface area (Å²) in [5, 5.41) is 4.34. The number of thioether (sulfide) groups is 1. The summed E-state index contributed by atoms with van der Waals surface area (Å²) in [6, 6.07) is 11.0. The quantitative estimate of drug-likeness (QED) is 0.465. The van der Waals surface area contributed by atoms with Gasteiger partial charge in [0, 0.05) is 16.7 Å². The molecule has 1 atom stereocenters. The fourth-order valence-corrected chi connectivity index (χ4v) is 3.72. The van der Waals surface area contributed by atoms with Crippen LogP contribution in [-0.4, -0.2) is 11.8 Å². The number of rotatable bonds is 7. The highest BCUT2D eigenvalue weighted by Crippen LogP contribution is 2.23. The van der Waals surface area contributed by atoms with Crippen molar-refractivity contribution in [2.75, 3.05) is 5.75 Å². The average Bonchev–Trinajstić information content (AvgIpc) is 2.94. The van der Waals surface area contributed by atoms with Gasteiger partial charge in [-0.05, 0) is 53.8 Å². The molecule has 3 N–H and O–H groups in total. The Morgan fingerprint density at radius 3 is 2.84 bits per heavy atom. The van der Waals surface area contributed by atoms with Gasteiger partial charge in [-0.3, -0.25) is 11.3 Å². The predicted molar refractivity (Wildman–Crippen MR) is 85.7 cm³/mol. The fourth-order valence-electron chi connectivity index (χ4n) is 1.90. The van der Waals surface area contributed by atoms with E-state index in [4.69, 9.17) is 5.84 Å². The number of benzene rings is 1. The van der Waals surface area contributed by atoms with Gasteiger partial charge in [-0.15, -0.1) is 11.8 Å². The van der Waals surface area contributed by atoms with Crippen LogP contribution in [-0.2, 0) is 6.42 Å². The highest BCUT2D eigenvalue weighted by molar-refractivity contribution is 7.99. The maximum Gasteiger partial charge on any atom is 0.0307 e. The van der Waals surface area contributed by atoms with E-state index in [1.54, 1.807) is 11.3 Å². The Bertz CT molecular complexity index is 483. The van der Waals surface area contributed by atoms with Crippen molar-refractivity contribution in [2.24, 2.45) is 5.84 Å². The average molecular weight is 292 g/mol. The molecule has 102 valence electrons. The van der Waals surface area contributed by atoms with Crippen LogP contribution < -0.4 is 11.3 Å². The van der Waals surface area contributed by atoms with Gasteiger partial charge in [-0.25, -0.2) is 0 Å². The van der Waals surface area contributed by atoms with Crippen molar-refractivity contribution in [2.45, 2.75) is 30.7 Å². The number of hydrogen-bond acceptors (Lipinski definition) is 4. The molecule has 1 heterocycles. The van der Waals surface area contributed by atoms with Crippen molar-refractivity contribution in [1.29, 1.82) is 0 Å². The molecule has 0 radical (unpaired) electrons. The summed E-state index contributed by atoms with van der Waals surface area (Å²) < 4.78 is 0. The number of hydrazine groups is 1. The molecular weight excluding hydrogens is 272 g/mol. The van der Waals surface area contributed by atoms with E-state index in [1.807, 2.05) is 11.8 Å². The van der Waals surface area contributed by atoms with Crippen molar-refractivity contribution in [1.82, 2.24) is 5.43 Å². The first-order valence-electron chi connectivity index (χ1n) is 6.45. The van der Waals surface area contributed by atoms with Crippen LogP contribution in [0.1, 0.15) is 17.5 Å². The summed E-state index contributed by atoms with van der Waals surface area (Å²) in [6.07, 6.45) is 2.17. The third-order valence-corrected chi connectivity index (χ3v) is 5.20. The molecule has 1 aromatic carbocycles. The molecular formula is C15H20N2S2. The number of hydrogen-bond donors (Lipinski definition) is 2. The summed E-state index contributed by atoms with van der Waals surface area (Å²) in [6.45, 7) is 2.15. The van der Waals surface area contributed by atoms with Crippen molar-refractivity contribution >= 4 is 23.1 Å². The topological polar surface area (TPSA) is 38.0 Å². The van der Waals surface area contributed by atoms with E-state index in [1.165, 1.54) is 16.0 Å². The van der Waals surface area contributed by atoms with Crippen LogP contribution in [0, 0.1) is 6.92 Å². The second kappa shape index (κ2) is 7.70. The first-order chi connectivity index (χ1) is 9.29. The number of thiophene rings is 1. The highest BCUT2D eigenvalue weighted by atomic mass is 32.2. The maximum absolute atomic E-state index is 5.65. The first kappa shape index (κ1) is 14.6. The summed E-state index contributed by atoms with van der Waals surface area (Å²) in [7, 11) is 0. The molecule has 1 aromatic heterocycles. The Kier molecular flexibility index (Phi) is 5.92. The Labute approximate surface area is 123 Å². The second-order valence-corrected chi connectivity index (χ2v) is 6.45. The lowest BCUT2D eigenvalue weighted by atomic mass is 10.1. The van der Waals surface area contributed by atoms with Gasteiger partial charge in [-0.2, -0.15) is 11.3 Å². The van der Waals surface area contributed by atoms with Crippen molar-refractivity contribution in [3.8, 4) is 0 Å². The van der Waals surface area contributed by atoms with E-state index in [0.717, 1.165) is 18.6 Å². The van der Waals surface area contributed by atoms with Gasteiger partial charge >= 0.3 is 0 Å². The molecule has 0 saturated carbocycles. The molecule has 2 nitrogen and oxygen atoms in total. The second-order valence-electron chi connectivity index (χ2n) is 4.61. The third-order valence-electron chi connectivity index (χ3n) is 3.13. The van der Waals surface area contributed by atoms with E-state index < -0.39 is 0 Å². The van der Waals surface area contributed by atoms with E-state index >= 15 is 0 Å². The SMILES string of the molecule is Cc1ccccc1SCC(CCc1ccsc1)NN. The van der Waals surface area contributed by atoms with Crippen LogP contribution in [0.5, 0.6) is 0 Å². The van der Waals surface area contributed by atoms with Crippen LogP contribution >= 0.6 is 23.1 Å². The molecule has 0 aliphatic heterocycles. The Balaban J connectivity index is 1.81. The van der Waals surface area contributed by atoms with Crippen LogP contribution in [0.2, 0.25) is 0 Å². The largest absolute Gasteiger partial charge is 0.271 e. The molecule has 4 heteroatoms. The highest BCUT2D eigenvalue weighted by Gasteiger charge is 2.08. The first-order valence-corrected chi connectivity index (χ1v) is 8.38. The summed E-state index contributed by atoms with van der Waals surface area (Å²) in [4.78, 5) is 1.35. The van der Waals surface area contributed by atoms with Gasteiger partial charge in [0.25, 0.3) is 0 Å². The fraction of sp³-hybridized carbons (Fsp3) is 0.333. The summed E-state index contributed by atoms with van der Waals surface area (Å²) >= 11 is 3.63. The molecule has 2 rings (SSSR count). The number of nitrogens with two attached hydrogens (primary N) is 1. The molecule has 0 spiro atoms. The van der Waals surface area contributed by atoms with Gasteiger partial charge in [0.05, 0.1) is 0 Å². The number of aryl methyl sites for hydroxylation is 2. The van der Waals surface area contributed by atoms with Crippen LogP contribution in [0.3, 0.4) is 0 Å². The van der Waals surface area contributed by atoms with Crippen LogP contribution in [0.15, 0.2) is 46.0 Å².